The molecule has 2 amide bonds. The van der Waals surface area contributed by atoms with Gasteiger partial charge in [-0.25, -0.2) is 14.2 Å². The molecule has 1 aromatic rings. The van der Waals surface area contributed by atoms with Gasteiger partial charge in [0, 0.05) is 26.4 Å². The first-order valence-corrected chi connectivity index (χ1v) is 6.02. The predicted octanol–water partition coefficient (Wildman–Crippen LogP) is 1.19. The van der Waals surface area contributed by atoms with Crippen molar-refractivity contribution in [3.05, 3.63) is 35.4 Å². The molecule has 20 heavy (non-hydrogen) atoms. The van der Waals surface area contributed by atoms with Crippen molar-refractivity contribution in [2.45, 2.75) is 19.4 Å². The van der Waals surface area contributed by atoms with Gasteiger partial charge in [-0.3, -0.25) is 9.59 Å². The molecule has 0 aromatic heterocycles. The topological polar surface area (TPSA) is 61.8 Å². The highest BCUT2D eigenvalue weighted by Crippen LogP contribution is 2.11. The molecule has 5 nitrogen and oxygen atoms in total. The van der Waals surface area contributed by atoms with Gasteiger partial charge >= 0.3 is 0 Å². The van der Waals surface area contributed by atoms with Gasteiger partial charge in [0.15, 0.2) is 11.6 Å². The molecule has 0 aliphatic carbocycles. The first-order chi connectivity index (χ1) is 9.47. The SMILES string of the molecule is CN(Cc1ccc(F)c(F)c1)C(=O)C1=NNC(=O)CC1. The molecule has 0 radical (unpaired) electrons. The van der Waals surface area contributed by atoms with E-state index >= 15 is 0 Å². The van der Waals surface area contributed by atoms with E-state index in [0.717, 1.165) is 12.1 Å². The minimum absolute atomic E-state index is 0.128. The highest BCUT2D eigenvalue weighted by Gasteiger charge is 2.21. The van der Waals surface area contributed by atoms with Gasteiger partial charge in [-0.05, 0) is 17.7 Å². The minimum atomic E-state index is -0.953. The Morgan fingerprint density at radius 2 is 2.10 bits per heavy atom. The molecule has 0 saturated heterocycles. The molecular formula is C13H13F2N3O2. The molecular weight excluding hydrogens is 268 g/mol. The molecule has 7 heteroatoms. The molecule has 0 bridgehead atoms. The van der Waals surface area contributed by atoms with Crippen LogP contribution < -0.4 is 5.43 Å². The lowest BCUT2D eigenvalue weighted by Gasteiger charge is -2.20. The van der Waals surface area contributed by atoms with Gasteiger partial charge in [0.05, 0.1) is 0 Å². The Balaban J connectivity index is 2.04. The van der Waals surface area contributed by atoms with Crippen LogP contribution in [0.3, 0.4) is 0 Å². The maximum Gasteiger partial charge on any atom is 0.270 e. The molecule has 0 unspecified atom stereocenters. The van der Waals surface area contributed by atoms with Crippen LogP contribution in [-0.4, -0.2) is 29.5 Å². The fourth-order valence-electron chi connectivity index (χ4n) is 1.83. The Bertz CT molecular complexity index is 587. The van der Waals surface area contributed by atoms with Crippen molar-refractivity contribution in [2.24, 2.45) is 5.10 Å². The summed E-state index contributed by atoms with van der Waals surface area (Å²) in [5.74, 6) is -2.47. The number of carbonyl (C=O) groups is 2. The largest absolute Gasteiger partial charge is 0.336 e. The number of amides is 2. The molecule has 0 fully saturated rings. The third-order valence-corrected chi connectivity index (χ3v) is 2.90. The van der Waals surface area contributed by atoms with Crippen molar-refractivity contribution in [3.63, 3.8) is 0 Å². The fourth-order valence-corrected chi connectivity index (χ4v) is 1.83. The van der Waals surface area contributed by atoms with Crippen LogP contribution in [0.1, 0.15) is 18.4 Å². The van der Waals surface area contributed by atoms with Gasteiger partial charge in [0.25, 0.3) is 5.91 Å². The van der Waals surface area contributed by atoms with Gasteiger partial charge in [0.1, 0.15) is 5.71 Å². The van der Waals surface area contributed by atoms with E-state index in [1.165, 1.54) is 18.0 Å². The van der Waals surface area contributed by atoms with Crippen molar-refractivity contribution in [1.29, 1.82) is 0 Å². The Morgan fingerprint density at radius 3 is 2.70 bits per heavy atom. The number of halogens is 2. The summed E-state index contributed by atoms with van der Waals surface area (Å²) < 4.78 is 25.9. The summed E-state index contributed by atoms with van der Waals surface area (Å²) in [6.07, 6.45) is 0.483. The standard InChI is InChI=1S/C13H13F2N3O2/c1-18(7-8-2-3-9(14)10(15)6-8)13(20)11-4-5-12(19)17-16-11/h2-3,6H,4-5,7H2,1H3,(H,17,19). The zero-order chi connectivity index (χ0) is 14.7. The molecule has 1 N–H and O–H groups in total. The Kier molecular flexibility index (Phi) is 4.07. The predicted molar refractivity (Wildman–Crippen MR) is 67.6 cm³/mol. The van der Waals surface area contributed by atoms with Crippen molar-refractivity contribution in [1.82, 2.24) is 10.3 Å². The number of carbonyl (C=O) groups excluding carboxylic acids is 2. The van der Waals surface area contributed by atoms with Gasteiger partial charge in [-0.1, -0.05) is 6.07 Å². The third kappa shape index (κ3) is 3.17. The molecule has 2 rings (SSSR count). The number of benzene rings is 1. The van der Waals surface area contributed by atoms with Crippen molar-refractivity contribution < 1.29 is 18.4 Å². The summed E-state index contributed by atoms with van der Waals surface area (Å²) in [6, 6.07) is 3.47. The second-order valence-corrected chi connectivity index (χ2v) is 4.50. The van der Waals surface area contributed by atoms with E-state index in [9.17, 15) is 18.4 Å². The van der Waals surface area contributed by atoms with E-state index < -0.39 is 11.6 Å². The summed E-state index contributed by atoms with van der Waals surface area (Å²) >= 11 is 0. The average molecular weight is 281 g/mol. The fraction of sp³-hybridized carbons (Fsp3) is 0.308. The van der Waals surface area contributed by atoms with Crippen molar-refractivity contribution in [2.75, 3.05) is 7.05 Å². The Hall–Kier alpha value is -2.31. The molecule has 1 aliphatic heterocycles. The maximum absolute atomic E-state index is 13.1. The lowest BCUT2D eigenvalue weighted by atomic mass is 10.1. The zero-order valence-electron chi connectivity index (χ0n) is 10.8. The molecule has 106 valence electrons. The van der Waals surface area contributed by atoms with Crippen LogP contribution in [0.5, 0.6) is 0 Å². The minimum Gasteiger partial charge on any atom is -0.336 e. The van der Waals surface area contributed by atoms with E-state index in [0.29, 0.717) is 5.56 Å². The summed E-state index contributed by atoms with van der Waals surface area (Å²) in [5, 5.41) is 3.70. The van der Waals surface area contributed by atoms with Crippen LogP contribution in [0.2, 0.25) is 0 Å². The number of hydrogen-bond acceptors (Lipinski definition) is 3. The first kappa shape index (κ1) is 14.1. The van der Waals surface area contributed by atoms with E-state index in [-0.39, 0.29) is 36.9 Å². The highest BCUT2D eigenvalue weighted by molar-refractivity contribution is 6.39. The second kappa shape index (κ2) is 5.77. The van der Waals surface area contributed by atoms with Gasteiger partial charge < -0.3 is 4.90 Å². The van der Waals surface area contributed by atoms with E-state index in [1.807, 2.05) is 0 Å². The van der Waals surface area contributed by atoms with Crippen LogP contribution in [0, 0.1) is 11.6 Å². The van der Waals surface area contributed by atoms with Crippen LogP contribution in [-0.2, 0) is 16.1 Å². The molecule has 0 saturated carbocycles. The van der Waals surface area contributed by atoms with Crippen molar-refractivity contribution in [3.8, 4) is 0 Å². The molecule has 1 aromatic carbocycles. The van der Waals surface area contributed by atoms with Crippen LogP contribution in [0.4, 0.5) is 8.78 Å². The normalized spacial score (nSPS) is 14.6. The summed E-state index contributed by atoms with van der Waals surface area (Å²) in [6.45, 7) is 0.128. The Labute approximate surface area is 114 Å². The highest BCUT2D eigenvalue weighted by atomic mass is 19.2. The van der Waals surface area contributed by atoms with E-state index in [4.69, 9.17) is 0 Å². The average Bonchev–Trinajstić information content (AvgIpc) is 2.43. The summed E-state index contributed by atoms with van der Waals surface area (Å²) in [5.41, 5.74) is 2.96. The number of rotatable bonds is 3. The number of hydrazone groups is 1. The van der Waals surface area contributed by atoms with Crippen molar-refractivity contribution >= 4 is 17.5 Å². The summed E-state index contributed by atoms with van der Waals surface area (Å²) in [4.78, 5) is 24.3. The third-order valence-electron chi connectivity index (χ3n) is 2.90. The van der Waals surface area contributed by atoms with Crippen LogP contribution >= 0.6 is 0 Å². The molecule has 1 aliphatic rings. The smallest absolute Gasteiger partial charge is 0.270 e. The Morgan fingerprint density at radius 1 is 1.35 bits per heavy atom. The molecule has 0 atom stereocenters. The summed E-state index contributed by atoms with van der Waals surface area (Å²) in [7, 11) is 1.53. The van der Waals surface area contributed by atoms with E-state index in [1.54, 1.807) is 0 Å². The van der Waals surface area contributed by atoms with Gasteiger partial charge in [0.2, 0.25) is 5.91 Å². The lowest BCUT2D eigenvalue weighted by molar-refractivity contribution is -0.124. The first-order valence-electron chi connectivity index (χ1n) is 6.02. The number of hydrogen-bond donors (Lipinski definition) is 1. The van der Waals surface area contributed by atoms with E-state index in [2.05, 4.69) is 10.5 Å². The number of nitrogens with one attached hydrogen (secondary N) is 1. The molecule has 0 spiro atoms. The van der Waals surface area contributed by atoms with Gasteiger partial charge in [-0.2, -0.15) is 5.10 Å². The molecule has 1 heterocycles. The zero-order valence-corrected chi connectivity index (χ0v) is 10.8. The monoisotopic (exact) mass is 281 g/mol. The maximum atomic E-state index is 13.1. The van der Waals surface area contributed by atoms with Crippen LogP contribution in [0.25, 0.3) is 0 Å². The number of nitrogens with zero attached hydrogens (tertiary/aromatic N) is 2. The second-order valence-electron chi connectivity index (χ2n) is 4.50. The lowest BCUT2D eigenvalue weighted by Crippen LogP contribution is -2.37. The van der Waals surface area contributed by atoms with Gasteiger partial charge in [-0.15, -0.1) is 0 Å². The quantitative estimate of drug-likeness (QED) is 0.904. The van der Waals surface area contributed by atoms with Crippen LogP contribution in [0.15, 0.2) is 23.3 Å².